The summed E-state index contributed by atoms with van der Waals surface area (Å²) in [7, 11) is 1.64. The number of carbonyl (C=O) groups is 1. The number of nitrogens with two attached hydrogens (primary N) is 1. The quantitative estimate of drug-likeness (QED) is 0.129. The molecule has 0 radical (unpaired) electrons. The van der Waals surface area contributed by atoms with Gasteiger partial charge in [0.1, 0.15) is 17.1 Å². The van der Waals surface area contributed by atoms with Crippen LogP contribution in [0.5, 0.6) is 5.75 Å². The van der Waals surface area contributed by atoms with E-state index in [9.17, 15) is 4.79 Å². The molecule has 0 atom stereocenters. The second-order valence-corrected chi connectivity index (χ2v) is 7.99. The number of nitrogens with zero attached hydrogens (tertiary/aromatic N) is 2. The molecule has 2 aromatic rings. The fourth-order valence-electron chi connectivity index (χ4n) is 2.52. The smallest absolute Gasteiger partial charge is 0.263 e. The SMILES string of the molecule is C=C(CC=C/C(C)=C\C)OC.Cc1oncc1C(=O)NC(N)=NCc1cc(Cl)cc(OCCCO)c1. The number of benzene rings is 1. The first-order valence-corrected chi connectivity index (χ1v) is 11.6. The summed E-state index contributed by atoms with van der Waals surface area (Å²) in [5.74, 6) is 1.29. The molecule has 1 amide bonds. The Morgan fingerprint density at radius 1 is 1.39 bits per heavy atom. The monoisotopic (exact) mass is 518 g/mol. The van der Waals surface area contributed by atoms with Crippen LogP contribution in [-0.4, -0.2) is 42.5 Å². The van der Waals surface area contributed by atoms with Gasteiger partial charge >= 0.3 is 0 Å². The van der Waals surface area contributed by atoms with Crippen molar-refractivity contribution in [1.82, 2.24) is 10.5 Å². The van der Waals surface area contributed by atoms with Crippen LogP contribution in [0, 0.1) is 6.92 Å². The van der Waals surface area contributed by atoms with E-state index in [0.717, 1.165) is 17.7 Å². The van der Waals surface area contributed by atoms with Gasteiger partial charge in [-0.2, -0.15) is 0 Å². The Bertz CT molecular complexity index is 1080. The molecule has 0 aliphatic carbocycles. The average molecular weight is 519 g/mol. The lowest BCUT2D eigenvalue weighted by atomic mass is 10.2. The molecular formula is C26H35ClN4O5. The zero-order chi connectivity index (χ0) is 26.9. The summed E-state index contributed by atoms with van der Waals surface area (Å²) in [6.07, 6.45) is 8.80. The van der Waals surface area contributed by atoms with Crippen molar-refractivity contribution < 1.29 is 23.9 Å². The number of methoxy groups -OCH3 is 1. The number of nitrogens with one attached hydrogen (secondary N) is 1. The molecule has 0 fully saturated rings. The Labute approximate surface area is 217 Å². The first-order chi connectivity index (χ1) is 17.2. The van der Waals surface area contributed by atoms with Crippen LogP contribution >= 0.6 is 11.6 Å². The summed E-state index contributed by atoms with van der Waals surface area (Å²) >= 11 is 6.05. The zero-order valence-corrected chi connectivity index (χ0v) is 22.0. The highest BCUT2D eigenvalue weighted by atomic mass is 35.5. The van der Waals surface area contributed by atoms with Gasteiger partial charge in [-0.15, -0.1) is 0 Å². The van der Waals surface area contributed by atoms with Crippen LogP contribution in [-0.2, 0) is 11.3 Å². The minimum Gasteiger partial charge on any atom is -0.501 e. The lowest BCUT2D eigenvalue weighted by Crippen LogP contribution is -2.36. The average Bonchev–Trinajstić information content (AvgIpc) is 3.28. The van der Waals surface area contributed by atoms with Crippen molar-refractivity contribution in [3.05, 3.63) is 82.4 Å². The van der Waals surface area contributed by atoms with Crippen molar-refractivity contribution in [3.8, 4) is 5.75 Å². The Kier molecular flexibility index (Phi) is 14.4. The van der Waals surface area contributed by atoms with E-state index < -0.39 is 5.91 Å². The number of guanidine groups is 1. The van der Waals surface area contributed by atoms with Gasteiger partial charge in [0, 0.05) is 24.5 Å². The molecule has 0 bridgehead atoms. The molecule has 0 saturated carbocycles. The predicted molar refractivity (Wildman–Crippen MR) is 142 cm³/mol. The maximum atomic E-state index is 12.0. The standard InChI is InChI=1S/C16H19ClN4O4.C10H16O/c1-10-14(9-20-25-10)15(23)21-16(18)19-8-11-5-12(17)7-13(6-11)24-4-2-3-22;1-5-9(2)7-6-8-10(3)11-4/h5-7,9,22H,2-4,8H2,1H3,(H3,18,19,21,23);5-7H,3,8H2,1-2,4H3/b;7-6?,9-5-. The number of carbonyl (C=O) groups excluding carboxylic acids is 1. The van der Waals surface area contributed by atoms with Crippen molar-refractivity contribution >= 4 is 23.5 Å². The third-order valence-electron chi connectivity index (χ3n) is 4.64. The molecule has 9 nitrogen and oxygen atoms in total. The molecule has 1 heterocycles. The summed E-state index contributed by atoms with van der Waals surface area (Å²) in [6, 6.07) is 5.17. The summed E-state index contributed by atoms with van der Waals surface area (Å²) in [5, 5.41) is 15.3. The number of aromatic nitrogens is 1. The predicted octanol–water partition coefficient (Wildman–Crippen LogP) is 4.70. The lowest BCUT2D eigenvalue weighted by molar-refractivity contribution is 0.0975. The molecule has 1 aromatic carbocycles. The second-order valence-electron chi connectivity index (χ2n) is 7.55. The molecular weight excluding hydrogens is 484 g/mol. The van der Waals surface area contributed by atoms with Crippen molar-refractivity contribution in [2.45, 2.75) is 40.2 Å². The van der Waals surface area contributed by atoms with Gasteiger partial charge in [0.2, 0.25) is 0 Å². The van der Waals surface area contributed by atoms with Crippen LogP contribution in [0.15, 0.2) is 70.1 Å². The van der Waals surface area contributed by atoms with Gasteiger partial charge < -0.3 is 24.8 Å². The Hall–Kier alpha value is -3.56. The van der Waals surface area contributed by atoms with E-state index in [2.05, 4.69) is 41.1 Å². The summed E-state index contributed by atoms with van der Waals surface area (Å²) in [6.45, 7) is 10.1. The van der Waals surface area contributed by atoms with E-state index >= 15 is 0 Å². The van der Waals surface area contributed by atoms with Gasteiger partial charge in [-0.05, 0) is 44.5 Å². The molecule has 0 unspecified atom stereocenters. The lowest BCUT2D eigenvalue weighted by Gasteiger charge is -2.08. The number of allylic oxidation sites excluding steroid dienone is 4. The molecule has 4 N–H and O–H groups in total. The minimum atomic E-state index is -0.445. The zero-order valence-electron chi connectivity index (χ0n) is 21.2. The van der Waals surface area contributed by atoms with Crippen LogP contribution in [0.1, 0.15) is 48.4 Å². The molecule has 196 valence electrons. The van der Waals surface area contributed by atoms with E-state index in [1.54, 1.807) is 32.2 Å². The number of aliphatic hydroxyl groups excluding tert-OH is 1. The molecule has 0 aliphatic heterocycles. The van der Waals surface area contributed by atoms with E-state index in [4.69, 9.17) is 36.4 Å². The fraction of sp³-hybridized carbons (Fsp3) is 0.346. The first kappa shape index (κ1) is 30.5. The number of hydrogen-bond acceptors (Lipinski definition) is 7. The van der Waals surface area contributed by atoms with Crippen molar-refractivity contribution in [3.63, 3.8) is 0 Å². The summed E-state index contributed by atoms with van der Waals surface area (Å²) in [4.78, 5) is 16.1. The highest BCUT2D eigenvalue weighted by Crippen LogP contribution is 2.22. The number of rotatable bonds is 11. The Morgan fingerprint density at radius 2 is 2.14 bits per heavy atom. The maximum Gasteiger partial charge on any atom is 0.263 e. The molecule has 1 aromatic heterocycles. The van der Waals surface area contributed by atoms with Crippen LogP contribution in [0.25, 0.3) is 0 Å². The number of aliphatic hydroxyl groups is 1. The highest BCUT2D eigenvalue weighted by molar-refractivity contribution is 6.30. The van der Waals surface area contributed by atoms with Gasteiger partial charge in [0.25, 0.3) is 5.91 Å². The second kappa shape index (κ2) is 17.0. The molecule has 10 heteroatoms. The number of ether oxygens (including phenoxy) is 2. The molecule has 2 rings (SSSR count). The normalized spacial score (nSPS) is 11.6. The molecule has 0 spiro atoms. The van der Waals surface area contributed by atoms with Gasteiger partial charge in [0.15, 0.2) is 5.96 Å². The van der Waals surface area contributed by atoms with Crippen molar-refractivity contribution in [2.24, 2.45) is 10.7 Å². The van der Waals surface area contributed by atoms with Crippen molar-refractivity contribution in [1.29, 1.82) is 0 Å². The molecule has 0 aliphatic rings. The number of aryl methyl sites for hydroxylation is 1. The first-order valence-electron chi connectivity index (χ1n) is 11.3. The number of hydrogen-bond donors (Lipinski definition) is 3. The molecule has 0 saturated heterocycles. The molecule has 36 heavy (non-hydrogen) atoms. The summed E-state index contributed by atoms with van der Waals surface area (Å²) in [5.41, 5.74) is 8.05. The number of halogens is 1. The third kappa shape index (κ3) is 12.2. The topological polar surface area (TPSA) is 132 Å². The van der Waals surface area contributed by atoms with Gasteiger partial charge in [-0.1, -0.05) is 47.1 Å². The van der Waals surface area contributed by atoms with Crippen LogP contribution in [0.2, 0.25) is 5.02 Å². The van der Waals surface area contributed by atoms with Gasteiger partial charge in [-0.25, -0.2) is 4.99 Å². The van der Waals surface area contributed by atoms with E-state index in [0.29, 0.717) is 35.1 Å². The highest BCUT2D eigenvalue weighted by Gasteiger charge is 2.13. The maximum absolute atomic E-state index is 12.0. The summed E-state index contributed by atoms with van der Waals surface area (Å²) < 4.78 is 15.2. The third-order valence-corrected chi connectivity index (χ3v) is 4.86. The van der Waals surface area contributed by atoms with Gasteiger partial charge in [-0.3, -0.25) is 10.1 Å². The number of amides is 1. The van der Waals surface area contributed by atoms with Crippen molar-refractivity contribution in [2.75, 3.05) is 20.3 Å². The van der Waals surface area contributed by atoms with Crippen LogP contribution < -0.4 is 15.8 Å². The number of aliphatic imine (C=N–C) groups is 1. The van der Waals surface area contributed by atoms with Gasteiger partial charge in [0.05, 0.1) is 32.2 Å². The van der Waals surface area contributed by atoms with Crippen LogP contribution in [0.3, 0.4) is 0 Å². The minimum absolute atomic E-state index is 0.0340. The Balaban J connectivity index is 0.000000497. The fourth-order valence-corrected chi connectivity index (χ4v) is 2.77. The largest absolute Gasteiger partial charge is 0.501 e. The van der Waals surface area contributed by atoms with E-state index in [-0.39, 0.29) is 19.1 Å². The van der Waals surface area contributed by atoms with E-state index in [1.807, 2.05) is 13.0 Å². The van der Waals surface area contributed by atoms with E-state index in [1.165, 1.54) is 11.8 Å². The van der Waals surface area contributed by atoms with Crippen LogP contribution in [0.4, 0.5) is 0 Å². The Morgan fingerprint density at radius 3 is 2.75 bits per heavy atom.